The Kier molecular flexibility index (Phi) is 12.6. The van der Waals surface area contributed by atoms with Crippen LogP contribution in [0.1, 0.15) is 12.8 Å². The van der Waals surface area contributed by atoms with Gasteiger partial charge in [0.2, 0.25) is 0 Å². The lowest BCUT2D eigenvalue weighted by Crippen LogP contribution is -2.73. The van der Waals surface area contributed by atoms with Crippen LogP contribution in [0.2, 0.25) is 0 Å². The van der Waals surface area contributed by atoms with Gasteiger partial charge in [-0.25, -0.2) is 8.78 Å². The maximum Gasteiger partial charge on any atom is 0.452 e. The molecule has 0 aliphatic rings. The molecule has 0 aromatic carbocycles. The van der Waals surface area contributed by atoms with Crippen molar-refractivity contribution in [2.75, 3.05) is 0 Å². The van der Waals surface area contributed by atoms with Gasteiger partial charge in [-0.1, -0.05) is 0 Å². The maximum absolute atomic E-state index is 13.6. The number of hydrogen-bond acceptors (Lipinski definition) is 2. The molecule has 0 rings (SSSR count). The average Bonchev–Trinajstić information content (AvgIpc) is 2.88. The van der Waals surface area contributed by atoms with Gasteiger partial charge in [0.15, 0.2) is 12.3 Å². The zero-order valence-electron chi connectivity index (χ0n) is 22.5. The lowest BCUT2D eigenvalue weighted by atomic mass is 9.91. The molecule has 0 saturated carbocycles. The van der Waals surface area contributed by atoms with E-state index in [-0.39, 0.29) is 0 Å². The predicted molar refractivity (Wildman–Crippen MR) is 92.7 cm³/mol. The van der Waals surface area contributed by atoms with E-state index < -0.39 is 109 Å². The number of hydrogen-bond donors (Lipinski definition) is 0. The van der Waals surface area contributed by atoms with Crippen molar-refractivity contribution in [1.29, 1.82) is 0 Å². The number of rotatable bonds is 17. The average molecular weight is 862 g/mol. The van der Waals surface area contributed by atoms with Crippen molar-refractivity contribution >= 4 is 0 Å². The molecule has 2 nitrogen and oxygen atoms in total. The van der Waals surface area contributed by atoms with Gasteiger partial charge in [-0.05, 0) is 0 Å². The maximum atomic E-state index is 13.6. The van der Waals surface area contributed by atoms with Gasteiger partial charge in [-0.2, -0.15) is 141 Å². The molecule has 0 amide bonds. The summed E-state index contributed by atoms with van der Waals surface area (Å²) in [5.74, 6) is -88.4. The summed E-state index contributed by atoms with van der Waals surface area (Å²) in [7, 11) is 0. The van der Waals surface area contributed by atoms with Crippen LogP contribution in [0.4, 0.5) is 140 Å². The molecule has 2 unspecified atom stereocenters. The lowest BCUT2D eigenvalue weighted by Gasteiger charge is -2.42. The first-order valence-electron chi connectivity index (χ1n) is 11.3. The molecule has 314 valence electrons. The van der Waals surface area contributed by atoms with Crippen LogP contribution >= 0.6 is 0 Å². The van der Waals surface area contributed by atoms with Crippen molar-refractivity contribution in [3.8, 4) is 0 Å². The third-order valence-electron chi connectivity index (χ3n) is 5.79. The van der Waals surface area contributed by atoms with Crippen LogP contribution in [0, 0.1) is 0 Å². The van der Waals surface area contributed by atoms with Crippen LogP contribution in [0.15, 0.2) is 0 Å². The molecule has 0 aromatic rings. The Bertz CT molecular complexity index is 1130. The van der Waals surface area contributed by atoms with E-state index >= 15 is 0 Å². The van der Waals surface area contributed by atoms with Gasteiger partial charge < -0.3 is 0 Å². The van der Waals surface area contributed by atoms with Gasteiger partial charge in [-0.3, -0.25) is 0 Å². The second-order valence-electron chi connectivity index (χ2n) is 9.61. The molecular formula is C18H6F32O2. The second-order valence-corrected chi connectivity index (χ2v) is 9.61. The number of alkyl halides is 32. The second kappa shape index (κ2) is 13.2. The molecular weight excluding hydrogens is 856 g/mol. The Labute approximate surface area is 260 Å². The highest BCUT2D eigenvalue weighted by molar-refractivity contribution is 5.13. The number of halogens is 32. The van der Waals surface area contributed by atoms with Gasteiger partial charge in [0.1, 0.15) is 0 Å². The molecule has 0 fully saturated rings. The summed E-state index contributed by atoms with van der Waals surface area (Å²) in [4.78, 5) is 2.02. The zero-order valence-corrected chi connectivity index (χ0v) is 22.5. The van der Waals surface area contributed by atoms with Crippen LogP contribution in [-0.2, 0) is 9.78 Å². The predicted octanol–water partition coefficient (Wildman–Crippen LogP) is 11.1. The Morgan fingerprint density at radius 1 is 0.269 bits per heavy atom. The van der Waals surface area contributed by atoms with Crippen LogP contribution in [0.25, 0.3) is 0 Å². The van der Waals surface area contributed by atoms with Crippen molar-refractivity contribution in [2.45, 2.75) is 109 Å². The molecule has 0 heterocycles. The van der Waals surface area contributed by atoms with Crippen LogP contribution in [-0.4, -0.2) is 96.1 Å². The van der Waals surface area contributed by atoms with E-state index in [4.69, 9.17) is 0 Å². The minimum atomic E-state index is -9.22. The summed E-state index contributed by atoms with van der Waals surface area (Å²) in [6, 6.07) is 0. The largest absolute Gasteiger partial charge is 0.452 e. The van der Waals surface area contributed by atoms with Crippen molar-refractivity contribution in [3.63, 3.8) is 0 Å². The minimum absolute atomic E-state index is 1.01. The molecule has 0 aromatic heterocycles. The molecule has 0 bridgehead atoms. The minimum Gasteiger partial charge on any atom is -0.240 e. The van der Waals surface area contributed by atoms with E-state index in [1.165, 1.54) is 0 Å². The molecule has 0 spiro atoms. The molecule has 2 atom stereocenters. The molecule has 52 heavy (non-hydrogen) atoms. The Balaban J connectivity index is 6.83. The summed E-state index contributed by atoms with van der Waals surface area (Å²) in [5, 5.41) is 0. The van der Waals surface area contributed by atoms with Gasteiger partial charge in [-0.15, -0.1) is 0 Å². The highest BCUT2D eigenvalue weighted by atomic mass is 19.4. The SMILES string of the molecule is FC(CC(F)(F)F)C(F)(F)C(F)(F)C(F)(F)C(F)(F)C(F)(F)C(F)(F)OOC(F)(F)C(F)(F)C(F)(F)C(F)(F)C(F)(F)C(F)(F)C(F)CC(F)(F)F. The van der Waals surface area contributed by atoms with E-state index in [2.05, 4.69) is 0 Å². The highest BCUT2D eigenvalue weighted by Gasteiger charge is 2.94. The first kappa shape index (κ1) is 49.7. The standard InChI is InChI=1S/C18H6F32O2/c19-3(1-5(21,22)23)7(27,28)9(31,32)11(35,36)13(39,40)15(43,44)17(47,48)51-52-18(49,50)16(45,46)14(41,42)12(37,38)10(33,34)8(29,30)4(20)2-6(24,25)26/h3-4H,1-2H2. The normalized spacial score (nSPS) is 17.8. The fraction of sp³-hybridized carbons (Fsp3) is 1.00. The van der Waals surface area contributed by atoms with Gasteiger partial charge in [0.05, 0.1) is 12.8 Å². The molecule has 0 aliphatic heterocycles. The van der Waals surface area contributed by atoms with Gasteiger partial charge in [0, 0.05) is 0 Å². The monoisotopic (exact) mass is 862 g/mol. The smallest absolute Gasteiger partial charge is 0.240 e. The van der Waals surface area contributed by atoms with E-state index in [0.29, 0.717) is 0 Å². The zero-order chi connectivity index (χ0) is 43.0. The molecule has 34 heteroatoms. The van der Waals surface area contributed by atoms with Crippen LogP contribution in [0.5, 0.6) is 0 Å². The van der Waals surface area contributed by atoms with Crippen molar-refractivity contribution in [1.82, 2.24) is 0 Å². The van der Waals surface area contributed by atoms with Crippen molar-refractivity contribution in [3.05, 3.63) is 0 Å². The summed E-state index contributed by atoms with van der Waals surface area (Å²) in [6.07, 6.45) is -50.1. The summed E-state index contributed by atoms with van der Waals surface area (Å²) in [5.41, 5.74) is 0. The molecule has 0 radical (unpaired) electrons. The quantitative estimate of drug-likeness (QED) is 0.0824. The van der Waals surface area contributed by atoms with Crippen molar-refractivity contribution < 1.29 is 150 Å². The fourth-order valence-corrected chi connectivity index (χ4v) is 2.84. The Morgan fingerprint density at radius 2 is 0.442 bits per heavy atom. The molecule has 0 saturated heterocycles. The summed E-state index contributed by atoms with van der Waals surface area (Å²) < 4.78 is 423. The molecule has 0 N–H and O–H groups in total. The Morgan fingerprint density at radius 3 is 0.615 bits per heavy atom. The first-order chi connectivity index (χ1) is 22.0. The van der Waals surface area contributed by atoms with E-state index in [1.54, 1.807) is 0 Å². The van der Waals surface area contributed by atoms with Crippen LogP contribution < -0.4 is 0 Å². The van der Waals surface area contributed by atoms with Gasteiger partial charge >= 0.3 is 83.8 Å². The lowest BCUT2D eigenvalue weighted by molar-refractivity contribution is -0.593. The van der Waals surface area contributed by atoms with E-state index in [9.17, 15) is 140 Å². The molecule has 0 aliphatic carbocycles. The third kappa shape index (κ3) is 7.63. The first-order valence-corrected chi connectivity index (χ1v) is 11.3. The van der Waals surface area contributed by atoms with E-state index in [0.717, 1.165) is 9.78 Å². The van der Waals surface area contributed by atoms with Crippen molar-refractivity contribution in [2.24, 2.45) is 0 Å². The third-order valence-corrected chi connectivity index (χ3v) is 5.79. The summed E-state index contributed by atoms with van der Waals surface area (Å²) in [6.45, 7) is 0. The topological polar surface area (TPSA) is 18.5 Å². The Hall–Kier alpha value is -2.32. The summed E-state index contributed by atoms with van der Waals surface area (Å²) >= 11 is 0. The van der Waals surface area contributed by atoms with Gasteiger partial charge in [0.25, 0.3) is 0 Å². The highest BCUT2D eigenvalue weighted by Crippen LogP contribution is 2.64. The fourth-order valence-electron chi connectivity index (χ4n) is 2.84. The van der Waals surface area contributed by atoms with Crippen LogP contribution in [0.3, 0.4) is 0 Å². The van der Waals surface area contributed by atoms with E-state index in [1.807, 2.05) is 0 Å².